The molecule has 0 aliphatic carbocycles. The fourth-order valence-corrected chi connectivity index (χ4v) is 3.53. The molecule has 0 spiro atoms. The largest absolute Gasteiger partial charge is 0.403 e. The summed E-state index contributed by atoms with van der Waals surface area (Å²) in [6, 6.07) is 2.40. The number of alkyl halides is 3. The molecule has 0 aromatic heterocycles. The van der Waals surface area contributed by atoms with Gasteiger partial charge < -0.3 is 16.0 Å². The maximum atomic E-state index is 13.0. The molecule has 1 aromatic carbocycles. The van der Waals surface area contributed by atoms with Crippen molar-refractivity contribution in [3.05, 3.63) is 34.9 Å². The third-order valence-corrected chi connectivity index (χ3v) is 4.99. The second-order valence-corrected chi connectivity index (χ2v) is 6.94. The highest BCUT2D eigenvalue weighted by Crippen LogP contribution is 2.28. The van der Waals surface area contributed by atoms with Crippen molar-refractivity contribution in [3.8, 4) is 0 Å². The Bertz CT molecular complexity index is 797. The van der Waals surface area contributed by atoms with Crippen LogP contribution in [-0.2, 0) is 22.7 Å². The van der Waals surface area contributed by atoms with Crippen LogP contribution in [0.5, 0.6) is 0 Å². The molecule has 3 amide bonds. The third kappa shape index (κ3) is 4.17. The van der Waals surface area contributed by atoms with E-state index in [1.165, 1.54) is 4.90 Å². The average molecular weight is 398 g/mol. The Kier molecular flexibility index (Phi) is 5.71. The van der Waals surface area contributed by atoms with Crippen LogP contribution in [0.25, 0.3) is 0 Å². The number of piperidine rings is 1. The lowest BCUT2D eigenvalue weighted by Crippen LogP contribution is -2.52. The number of imide groups is 1. The van der Waals surface area contributed by atoms with Crippen LogP contribution in [0.3, 0.4) is 0 Å². The van der Waals surface area contributed by atoms with E-state index in [0.717, 1.165) is 0 Å². The van der Waals surface area contributed by atoms with Crippen LogP contribution in [0.15, 0.2) is 18.2 Å². The fraction of sp³-hybridized carbons (Fsp3) is 0.500. The maximum Gasteiger partial charge on any atom is 0.403 e. The van der Waals surface area contributed by atoms with E-state index in [1.54, 1.807) is 18.2 Å². The summed E-state index contributed by atoms with van der Waals surface area (Å²) in [5.41, 5.74) is 6.92. The third-order valence-electron chi connectivity index (χ3n) is 4.99. The lowest BCUT2D eigenvalue weighted by atomic mass is 10.0. The van der Waals surface area contributed by atoms with Crippen molar-refractivity contribution in [1.82, 2.24) is 15.5 Å². The maximum absolute atomic E-state index is 13.0. The van der Waals surface area contributed by atoms with Gasteiger partial charge in [0.1, 0.15) is 12.1 Å². The number of carbonyl (C=O) groups excluding carboxylic acids is 3. The predicted molar refractivity (Wildman–Crippen MR) is 92.8 cm³/mol. The highest BCUT2D eigenvalue weighted by Gasteiger charge is 2.40. The molecular formula is C18H21F3N4O3. The fourth-order valence-electron chi connectivity index (χ4n) is 3.53. The molecule has 28 heavy (non-hydrogen) atoms. The highest BCUT2D eigenvalue weighted by molar-refractivity contribution is 6.05. The van der Waals surface area contributed by atoms with E-state index in [2.05, 4.69) is 10.6 Å². The Labute approximate surface area is 159 Å². The summed E-state index contributed by atoms with van der Waals surface area (Å²) in [6.07, 6.45) is -4.21. The molecular weight excluding hydrogens is 377 g/mol. The smallest absolute Gasteiger partial charge is 0.330 e. The number of nitrogens with zero attached hydrogens (tertiary/aromatic N) is 1. The van der Waals surface area contributed by atoms with Gasteiger partial charge in [-0.3, -0.25) is 19.7 Å². The second kappa shape index (κ2) is 7.88. The Morgan fingerprint density at radius 2 is 2.04 bits per heavy atom. The molecule has 0 bridgehead atoms. The molecule has 2 aliphatic heterocycles. The number of nitrogens with one attached hydrogen (secondary N) is 2. The SMILES string of the molecule is NCCC(NCc1ccc2c(c1)CN(C1CCC(=O)NC1=O)C2=O)C(F)(F)F. The summed E-state index contributed by atoms with van der Waals surface area (Å²) < 4.78 is 38.9. The first kappa shape index (κ1) is 20.3. The normalized spacial score (nSPS) is 20.9. The van der Waals surface area contributed by atoms with Gasteiger partial charge in [-0.2, -0.15) is 13.2 Å². The zero-order valence-electron chi connectivity index (χ0n) is 15.0. The van der Waals surface area contributed by atoms with Crippen molar-refractivity contribution in [3.63, 3.8) is 0 Å². The first-order valence-corrected chi connectivity index (χ1v) is 8.97. The molecule has 2 atom stereocenters. The molecule has 0 radical (unpaired) electrons. The molecule has 1 saturated heterocycles. The minimum absolute atomic E-state index is 0.0237. The molecule has 1 fully saturated rings. The minimum atomic E-state index is -4.39. The molecule has 2 unspecified atom stereocenters. The first-order chi connectivity index (χ1) is 13.2. The lowest BCUT2D eigenvalue weighted by molar-refractivity contribution is -0.157. The van der Waals surface area contributed by atoms with E-state index in [0.29, 0.717) is 16.7 Å². The van der Waals surface area contributed by atoms with Crippen LogP contribution >= 0.6 is 0 Å². The standard InChI is InChI=1S/C18H21F3N4O3/c19-18(20,21)14(5-6-22)23-8-10-1-2-12-11(7-10)9-25(17(12)28)13-3-4-15(26)24-16(13)27/h1-2,7,13-14,23H,3-6,8-9,22H2,(H,24,26,27). The molecule has 7 nitrogen and oxygen atoms in total. The average Bonchev–Trinajstić information content (AvgIpc) is 2.93. The van der Waals surface area contributed by atoms with Gasteiger partial charge in [-0.25, -0.2) is 0 Å². The lowest BCUT2D eigenvalue weighted by Gasteiger charge is -2.29. The van der Waals surface area contributed by atoms with Crippen molar-refractivity contribution >= 4 is 17.7 Å². The Hall–Kier alpha value is -2.46. The molecule has 10 heteroatoms. The molecule has 1 aromatic rings. The number of nitrogens with two attached hydrogens (primary N) is 1. The van der Waals surface area contributed by atoms with E-state index >= 15 is 0 Å². The summed E-state index contributed by atoms with van der Waals surface area (Å²) in [5.74, 6) is -1.19. The number of carbonyl (C=O) groups is 3. The van der Waals surface area contributed by atoms with E-state index in [1.807, 2.05) is 0 Å². The molecule has 152 valence electrons. The van der Waals surface area contributed by atoms with Crippen molar-refractivity contribution < 1.29 is 27.6 Å². The topological polar surface area (TPSA) is 105 Å². The number of hydrogen-bond donors (Lipinski definition) is 3. The number of benzene rings is 1. The van der Waals surface area contributed by atoms with Crippen molar-refractivity contribution in [2.24, 2.45) is 5.73 Å². The zero-order chi connectivity index (χ0) is 20.5. The Balaban J connectivity index is 1.69. The van der Waals surface area contributed by atoms with Gasteiger partial charge in [-0.05, 0) is 36.6 Å². The van der Waals surface area contributed by atoms with Crippen LogP contribution < -0.4 is 16.4 Å². The molecule has 4 N–H and O–H groups in total. The monoisotopic (exact) mass is 398 g/mol. The van der Waals surface area contributed by atoms with E-state index in [4.69, 9.17) is 5.73 Å². The summed E-state index contributed by atoms with van der Waals surface area (Å²) >= 11 is 0. The van der Waals surface area contributed by atoms with Gasteiger partial charge in [0.15, 0.2) is 0 Å². The minimum Gasteiger partial charge on any atom is -0.330 e. The van der Waals surface area contributed by atoms with Gasteiger partial charge in [0.25, 0.3) is 5.91 Å². The van der Waals surface area contributed by atoms with E-state index < -0.39 is 24.2 Å². The Morgan fingerprint density at radius 1 is 1.29 bits per heavy atom. The predicted octanol–water partition coefficient (Wildman–Crippen LogP) is 0.817. The Morgan fingerprint density at radius 3 is 2.68 bits per heavy atom. The van der Waals surface area contributed by atoms with E-state index in [9.17, 15) is 27.6 Å². The number of rotatable bonds is 6. The van der Waals surface area contributed by atoms with Gasteiger partial charge in [-0.1, -0.05) is 12.1 Å². The number of amides is 3. The molecule has 0 saturated carbocycles. The van der Waals surface area contributed by atoms with Gasteiger partial charge in [-0.15, -0.1) is 0 Å². The molecule has 2 aliphatic rings. The molecule has 2 heterocycles. The first-order valence-electron chi connectivity index (χ1n) is 8.97. The van der Waals surface area contributed by atoms with Crippen LogP contribution in [0.1, 0.15) is 40.7 Å². The van der Waals surface area contributed by atoms with Crippen molar-refractivity contribution in [1.29, 1.82) is 0 Å². The summed E-state index contributed by atoms with van der Waals surface area (Å²) in [6.45, 7) is 0.0701. The number of fused-ring (bicyclic) bond motifs is 1. The van der Waals surface area contributed by atoms with Gasteiger partial charge >= 0.3 is 6.18 Å². The van der Waals surface area contributed by atoms with Gasteiger partial charge in [0, 0.05) is 25.1 Å². The van der Waals surface area contributed by atoms with Crippen LogP contribution in [0.2, 0.25) is 0 Å². The summed E-state index contributed by atoms with van der Waals surface area (Å²) in [5, 5.41) is 4.69. The van der Waals surface area contributed by atoms with E-state index in [-0.39, 0.29) is 50.7 Å². The van der Waals surface area contributed by atoms with Crippen molar-refractivity contribution in [2.45, 2.75) is 50.6 Å². The van der Waals surface area contributed by atoms with Crippen LogP contribution in [0.4, 0.5) is 13.2 Å². The highest BCUT2D eigenvalue weighted by atomic mass is 19.4. The van der Waals surface area contributed by atoms with Crippen LogP contribution in [0, 0.1) is 0 Å². The van der Waals surface area contributed by atoms with Crippen LogP contribution in [-0.4, -0.2) is 47.4 Å². The number of halogens is 3. The molecule has 3 rings (SSSR count). The van der Waals surface area contributed by atoms with Gasteiger partial charge in [0.2, 0.25) is 11.8 Å². The quantitative estimate of drug-likeness (QED) is 0.616. The second-order valence-electron chi connectivity index (χ2n) is 6.94. The number of hydrogen-bond acceptors (Lipinski definition) is 5. The van der Waals surface area contributed by atoms with Crippen molar-refractivity contribution in [2.75, 3.05) is 6.54 Å². The zero-order valence-corrected chi connectivity index (χ0v) is 15.0. The summed E-state index contributed by atoms with van der Waals surface area (Å²) in [7, 11) is 0. The summed E-state index contributed by atoms with van der Waals surface area (Å²) in [4.78, 5) is 37.3. The van der Waals surface area contributed by atoms with Gasteiger partial charge in [0.05, 0.1) is 0 Å².